The molecule has 0 aliphatic heterocycles. The topological polar surface area (TPSA) is 34.1 Å². The average Bonchev–Trinajstić information content (AvgIpc) is 2.39. The molecule has 1 rings (SSSR count). The van der Waals surface area contributed by atoms with E-state index in [9.17, 15) is 0 Å². The minimum absolute atomic E-state index is 0.555. The van der Waals surface area contributed by atoms with E-state index in [0.717, 1.165) is 19.7 Å². The summed E-state index contributed by atoms with van der Waals surface area (Å²) < 4.78 is 5.04. The lowest BCUT2D eigenvalue weighted by Crippen LogP contribution is -2.28. The second-order valence-corrected chi connectivity index (χ2v) is 4.47. The highest BCUT2D eigenvalue weighted by Crippen LogP contribution is 2.25. The van der Waals surface area contributed by atoms with Crippen LogP contribution in [-0.4, -0.2) is 31.8 Å². The number of nitrogens with one attached hydrogen (secondary N) is 1. The van der Waals surface area contributed by atoms with Gasteiger partial charge in [-0.3, -0.25) is 4.98 Å². The van der Waals surface area contributed by atoms with Gasteiger partial charge in [-0.2, -0.15) is 0 Å². The van der Waals surface area contributed by atoms with Crippen molar-refractivity contribution in [2.75, 3.05) is 26.8 Å². The molecule has 0 saturated heterocycles. The number of hydrogen-bond donors (Lipinski definition) is 1. The molecule has 3 heteroatoms. The molecule has 96 valence electrons. The van der Waals surface area contributed by atoms with Gasteiger partial charge in [-0.25, -0.2) is 0 Å². The van der Waals surface area contributed by atoms with E-state index in [0.29, 0.717) is 11.8 Å². The van der Waals surface area contributed by atoms with Crippen LogP contribution >= 0.6 is 0 Å². The van der Waals surface area contributed by atoms with Crippen molar-refractivity contribution < 1.29 is 4.74 Å². The van der Waals surface area contributed by atoms with E-state index in [4.69, 9.17) is 4.74 Å². The van der Waals surface area contributed by atoms with Crippen molar-refractivity contribution in [1.82, 2.24) is 10.3 Å². The van der Waals surface area contributed by atoms with Crippen molar-refractivity contribution in [1.29, 1.82) is 0 Å². The summed E-state index contributed by atoms with van der Waals surface area (Å²) in [7, 11) is 1.73. The molecular formula is C14H24N2O. The minimum Gasteiger partial charge on any atom is -0.383 e. The number of aromatic nitrogens is 1. The molecule has 0 spiro atoms. The van der Waals surface area contributed by atoms with Gasteiger partial charge in [0.2, 0.25) is 0 Å². The molecule has 0 saturated carbocycles. The van der Waals surface area contributed by atoms with Crippen LogP contribution in [0.4, 0.5) is 0 Å². The predicted molar refractivity (Wildman–Crippen MR) is 71.2 cm³/mol. The van der Waals surface area contributed by atoms with Crippen molar-refractivity contribution in [3.63, 3.8) is 0 Å². The van der Waals surface area contributed by atoms with Gasteiger partial charge >= 0.3 is 0 Å². The Bertz CT molecular complexity index is 290. The monoisotopic (exact) mass is 236 g/mol. The number of pyridine rings is 1. The van der Waals surface area contributed by atoms with Crippen molar-refractivity contribution in [3.8, 4) is 0 Å². The quantitative estimate of drug-likeness (QED) is 0.704. The number of nitrogens with zero attached hydrogens (tertiary/aromatic N) is 1. The number of rotatable bonds is 8. The average molecular weight is 236 g/mol. The lowest BCUT2D eigenvalue weighted by atomic mass is 9.86. The van der Waals surface area contributed by atoms with Crippen LogP contribution in [0.1, 0.15) is 31.7 Å². The molecular weight excluding hydrogens is 212 g/mol. The normalized spacial score (nSPS) is 14.5. The molecule has 1 heterocycles. The van der Waals surface area contributed by atoms with E-state index < -0.39 is 0 Å². The van der Waals surface area contributed by atoms with Crippen LogP contribution < -0.4 is 5.32 Å². The van der Waals surface area contributed by atoms with Gasteiger partial charge in [-0.1, -0.05) is 20.3 Å². The van der Waals surface area contributed by atoms with Gasteiger partial charge in [0.1, 0.15) is 0 Å². The van der Waals surface area contributed by atoms with Crippen LogP contribution in [0, 0.1) is 5.92 Å². The van der Waals surface area contributed by atoms with Crippen LogP contribution in [0.2, 0.25) is 0 Å². The summed E-state index contributed by atoms with van der Waals surface area (Å²) in [6.07, 6.45) is 4.94. The van der Waals surface area contributed by atoms with E-state index >= 15 is 0 Å². The lowest BCUT2D eigenvalue weighted by molar-refractivity contribution is 0.198. The van der Waals surface area contributed by atoms with Gasteiger partial charge < -0.3 is 10.1 Å². The molecule has 3 nitrogen and oxygen atoms in total. The summed E-state index contributed by atoms with van der Waals surface area (Å²) in [5, 5.41) is 3.45. The highest BCUT2D eigenvalue weighted by Gasteiger charge is 2.17. The molecule has 0 aliphatic rings. The SMILES string of the molecule is CCC(C)C(CNCCOC)c1ccncc1. The fourth-order valence-corrected chi connectivity index (χ4v) is 1.97. The fourth-order valence-electron chi connectivity index (χ4n) is 1.97. The third-order valence-corrected chi connectivity index (χ3v) is 3.31. The molecule has 0 radical (unpaired) electrons. The van der Waals surface area contributed by atoms with Crippen molar-refractivity contribution >= 4 is 0 Å². The summed E-state index contributed by atoms with van der Waals surface area (Å²) in [6, 6.07) is 4.24. The Morgan fingerprint density at radius 2 is 2.06 bits per heavy atom. The number of methoxy groups -OCH3 is 1. The zero-order chi connectivity index (χ0) is 12.5. The third-order valence-electron chi connectivity index (χ3n) is 3.31. The Hall–Kier alpha value is -0.930. The number of ether oxygens (including phenoxy) is 1. The van der Waals surface area contributed by atoms with E-state index in [2.05, 4.69) is 36.3 Å². The van der Waals surface area contributed by atoms with Gasteiger partial charge in [-0.15, -0.1) is 0 Å². The van der Waals surface area contributed by atoms with Gasteiger partial charge in [0.25, 0.3) is 0 Å². The molecule has 1 N–H and O–H groups in total. The molecule has 2 unspecified atom stereocenters. The minimum atomic E-state index is 0.555. The van der Waals surface area contributed by atoms with Gasteiger partial charge in [0.05, 0.1) is 6.61 Å². The zero-order valence-corrected chi connectivity index (χ0v) is 11.1. The van der Waals surface area contributed by atoms with E-state index in [-0.39, 0.29) is 0 Å². The first-order chi connectivity index (χ1) is 8.29. The highest BCUT2D eigenvalue weighted by atomic mass is 16.5. The molecule has 2 atom stereocenters. The first-order valence-electron chi connectivity index (χ1n) is 6.39. The second-order valence-electron chi connectivity index (χ2n) is 4.47. The van der Waals surface area contributed by atoms with Crippen LogP contribution in [0.5, 0.6) is 0 Å². The van der Waals surface area contributed by atoms with Crippen molar-refractivity contribution in [2.24, 2.45) is 5.92 Å². The van der Waals surface area contributed by atoms with E-state index in [1.54, 1.807) is 7.11 Å². The Kier molecular flexibility index (Phi) is 6.82. The van der Waals surface area contributed by atoms with E-state index in [1.807, 2.05) is 12.4 Å². The maximum atomic E-state index is 5.04. The summed E-state index contributed by atoms with van der Waals surface area (Å²) in [4.78, 5) is 4.08. The molecule has 0 aromatic carbocycles. The Morgan fingerprint density at radius 3 is 2.65 bits per heavy atom. The summed E-state index contributed by atoms with van der Waals surface area (Å²) in [5.41, 5.74) is 1.37. The van der Waals surface area contributed by atoms with E-state index in [1.165, 1.54) is 12.0 Å². The lowest BCUT2D eigenvalue weighted by Gasteiger charge is -2.23. The van der Waals surface area contributed by atoms with Crippen LogP contribution in [0.25, 0.3) is 0 Å². The Balaban J connectivity index is 2.55. The van der Waals surface area contributed by atoms with Gasteiger partial charge in [0.15, 0.2) is 0 Å². The zero-order valence-electron chi connectivity index (χ0n) is 11.1. The first kappa shape index (κ1) is 14.1. The van der Waals surface area contributed by atoms with Gasteiger partial charge in [0, 0.05) is 32.6 Å². The number of hydrogen-bond acceptors (Lipinski definition) is 3. The molecule has 1 aromatic heterocycles. The molecule has 0 fully saturated rings. The molecule has 0 aliphatic carbocycles. The summed E-state index contributed by atoms with van der Waals surface area (Å²) in [5.74, 6) is 1.23. The molecule has 0 bridgehead atoms. The Morgan fingerprint density at radius 1 is 1.35 bits per heavy atom. The first-order valence-corrected chi connectivity index (χ1v) is 6.39. The van der Waals surface area contributed by atoms with Crippen LogP contribution in [0.15, 0.2) is 24.5 Å². The van der Waals surface area contributed by atoms with Crippen LogP contribution in [0.3, 0.4) is 0 Å². The maximum absolute atomic E-state index is 5.04. The molecule has 0 amide bonds. The van der Waals surface area contributed by atoms with Gasteiger partial charge in [-0.05, 0) is 29.5 Å². The second kappa shape index (κ2) is 8.20. The maximum Gasteiger partial charge on any atom is 0.0587 e. The Labute approximate surface area is 105 Å². The van der Waals surface area contributed by atoms with Crippen LogP contribution in [-0.2, 0) is 4.74 Å². The fraction of sp³-hybridized carbons (Fsp3) is 0.643. The summed E-state index contributed by atoms with van der Waals surface area (Å²) >= 11 is 0. The van der Waals surface area contributed by atoms with Crippen molar-refractivity contribution in [2.45, 2.75) is 26.2 Å². The third kappa shape index (κ3) is 4.84. The smallest absolute Gasteiger partial charge is 0.0587 e. The highest BCUT2D eigenvalue weighted by molar-refractivity contribution is 5.17. The summed E-state index contributed by atoms with van der Waals surface area (Å²) in [6.45, 7) is 7.23. The molecule has 1 aromatic rings. The van der Waals surface area contributed by atoms with Crippen molar-refractivity contribution in [3.05, 3.63) is 30.1 Å². The standard InChI is InChI=1S/C14H24N2O/c1-4-12(2)14(11-16-9-10-17-3)13-5-7-15-8-6-13/h5-8,12,14,16H,4,9-11H2,1-3H3. The molecule has 17 heavy (non-hydrogen) atoms. The largest absolute Gasteiger partial charge is 0.383 e. The predicted octanol–water partition coefficient (Wildman–Crippen LogP) is 2.45.